The maximum absolute atomic E-state index is 12.0. The van der Waals surface area contributed by atoms with Gasteiger partial charge in [0.25, 0.3) is 0 Å². The van der Waals surface area contributed by atoms with Crippen molar-refractivity contribution in [3.63, 3.8) is 0 Å². The molecule has 3 amide bonds. The Morgan fingerprint density at radius 3 is 2.36 bits per heavy atom. The largest absolute Gasteiger partial charge is 0.467 e. The van der Waals surface area contributed by atoms with Crippen LogP contribution in [0.2, 0.25) is 0 Å². The SMILES string of the molecule is CCCCCCCCNC(=O)NC(COC(=O)NC1CCCCC1)C(=O)OC. The van der Waals surface area contributed by atoms with Gasteiger partial charge in [-0.05, 0) is 19.3 Å². The van der Waals surface area contributed by atoms with Gasteiger partial charge in [-0.2, -0.15) is 0 Å². The zero-order valence-corrected chi connectivity index (χ0v) is 17.4. The molecule has 0 radical (unpaired) electrons. The van der Waals surface area contributed by atoms with Gasteiger partial charge < -0.3 is 25.4 Å². The van der Waals surface area contributed by atoms with Crippen LogP contribution in [0.15, 0.2) is 0 Å². The van der Waals surface area contributed by atoms with E-state index in [9.17, 15) is 14.4 Å². The summed E-state index contributed by atoms with van der Waals surface area (Å²) in [5.41, 5.74) is 0. The van der Waals surface area contributed by atoms with E-state index in [-0.39, 0.29) is 12.6 Å². The lowest BCUT2D eigenvalue weighted by atomic mass is 9.96. The molecule has 1 rings (SSSR count). The molecule has 1 fully saturated rings. The van der Waals surface area contributed by atoms with Crippen LogP contribution in [0.4, 0.5) is 9.59 Å². The van der Waals surface area contributed by atoms with Crippen molar-refractivity contribution in [3.05, 3.63) is 0 Å². The minimum absolute atomic E-state index is 0.117. The molecular formula is C20H37N3O5. The van der Waals surface area contributed by atoms with Crippen LogP contribution in [0.3, 0.4) is 0 Å². The summed E-state index contributed by atoms with van der Waals surface area (Å²) < 4.78 is 9.80. The number of carbonyl (C=O) groups is 3. The van der Waals surface area contributed by atoms with Gasteiger partial charge in [0.05, 0.1) is 7.11 Å². The molecule has 0 bridgehead atoms. The minimum atomic E-state index is -1.04. The van der Waals surface area contributed by atoms with Gasteiger partial charge in [-0.1, -0.05) is 58.3 Å². The van der Waals surface area contributed by atoms with Gasteiger partial charge in [0, 0.05) is 12.6 Å². The van der Waals surface area contributed by atoms with Crippen LogP contribution in [-0.4, -0.2) is 50.4 Å². The first kappa shape index (κ1) is 24.0. The summed E-state index contributed by atoms with van der Waals surface area (Å²) in [6.45, 7) is 2.44. The third kappa shape index (κ3) is 11.0. The van der Waals surface area contributed by atoms with Crippen molar-refractivity contribution in [3.8, 4) is 0 Å². The summed E-state index contributed by atoms with van der Waals surface area (Å²) >= 11 is 0. The Kier molecular flexibility index (Phi) is 12.9. The van der Waals surface area contributed by atoms with Gasteiger partial charge in [-0.25, -0.2) is 14.4 Å². The highest BCUT2D eigenvalue weighted by Crippen LogP contribution is 2.17. The maximum atomic E-state index is 12.0. The lowest BCUT2D eigenvalue weighted by Gasteiger charge is -2.23. The highest BCUT2D eigenvalue weighted by Gasteiger charge is 2.24. The maximum Gasteiger partial charge on any atom is 0.407 e. The first-order valence-electron chi connectivity index (χ1n) is 10.6. The lowest BCUT2D eigenvalue weighted by Crippen LogP contribution is -2.50. The fraction of sp³-hybridized carbons (Fsp3) is 0.850. The molecule has 1 saturated carbocycles. The molecule has 28 heavy (non-hydrogen) atoms. The Hall–Kier alpha value is -1.99. The van der Waals surface area contributed by atoms with Gasteiger partial charge in [0.1, 0.15) is 6.61 Å². The number of carbonyl (C=O) groups excluding carboxylic acids is 3. The standard InChI is InChI=1S/C20H37N3O5/c1-3-4-5-6-7-11-14-21-19(25)23-17(18(24)27-2)15-28-20(26)22-16-12-9-8-10-13-16/h16-17H,3-15H2,1-2H3,(H,22,26)(H2,21,23,25). The molecular weight excluding hydrogens is 362 g/mol. The first-order valence-corrected chi connectivity index (χ1v) is 10.6. The highest BCUT2D eigenvalue weighted by atomic mass is 16.6. The number of ether oxygens (including phenoxy) is 2. The Labute approximate surface area is 168 Å². The number of methoxy groups -OCH3 is 1. The van der Waals surface area contributed by atoms with Crippen LogP contribution >= 0.6 is 0 Å². The quantitative estimate of drug-likeness (QED) is 0.345. The summed E-state index contributed by atoms with van der Waals surface area (Å²) in [6.07, 6.45) is 11.4. The third-order valence-corrected chi connectivity index (χ3v) is 4.92. The number of amides is 3. The van der Waals surface area contributed by atoms with Crippen LogP contribution in [0.5, 0.6) is 0 Å². The Morgan fingerprint density at radius 1 is 1.00 bits per heavy atom. The van der Waals surface area contributed by atoms with E-state index in [4.69, 9.17) is 4.74 Å². The molecule has 0 aromatic carbocycles. The van der Waals surface area contributed by atoms with Gasteiger partial charge >= 0.3 is 18.1 Å². The second-order valence-corrected chi connectivity index (χ2v) is 7.32. The van der Waals surface area contributed by atoms with Crippen molar-refractivity contribution in [1.82, 2.24) is 16.0 Å². The number of alkyl carbamates (subject to hydrolysis) is 1. The molecule has 8 heteroatoms. The summed E-state index contributed by atoms with van der Waals surface area (Å²) in [7, 11) is 1.23. The smallest absolute Gasteiger partial charge is 0.407 e. The van der Waals surface area contributed by atoms with Gasteiger partial charge in [0.15, 0.2) is 6.04 Å². The molecule has 1 aliphatic carbocycles. The van der Waals surface area contributed by atoms with E-state index in [2.05, 4.69) is 27.6 Å². The van der Waals surface area contributed by atoms with Gasteiger partial charge in [-0.15, -0.1) is 0 Å². The monoisotopic (exact) mass is 399 g/mol. The number of unbranched alkanes of at least 4 members (excludes halogenated alkanes) is 5. The van der Waals surface area contributed by atoms with Crippen LogP contribution in [0, 0.1) is 0 Å². The Morgan fingerprint density at radius 2 is 1.68 bits per heavy atom. The fourth-order valence-electron chi connectivity index (χ4n) is 3.24. The predicted octanol–water partition coefficient (Wildman–Crippen LogP) is 3.25. The molecule has 0 spiro atoms. The summed E-state index contributed by atoms with van der Waals surface area (Å²) in [5.74, 6) is -0.653. The lowest BCUT2D eigenvalue weighted by molar-refractivity contribution is -0.143. The van der Waals surface area contributed by atoms with Crippen LogP contribution in [0.25, 0.3) is 0 Å². The molecule has 0 aromatic heterocycles. The third-order valence-electron chi connectivity index (χ3n) is 4.92. The van der Waals surface area contributed by atoms with Gasteiger partial charge in [0.2, 0.25) is 0 Å². The van der Waals surface area contributed by atoms with Crippen LogP contribution in [0.1, 0.15) is 77.6 Å². The van der Waals surface area contributed by atoms with Crippen molar-refractivity contribution in [2.24, 2.45) is 0 Å². The highest BCUT2D eigenvalue weighted by molar-refractivity contribution is 5.83. The normalized spacial score (nSPS) is 15.4. The molecule has 162 valence electrons. The average molecular weight is 400 g/mol. The molecule has 0 aromatic rings. The number of esters is 1. The van der Waals surface area contributed by atoms with E-state index in [1.807, 2.05) is 0 Å². The van der Waals surface area contributed by atoms with Crippen molar-refractivity contribution in [2.45, 2.75) is 89.6 Å². The summed E-state index contributed by atoms with van der Waals surface area (Å²) in [5, 5.41) is 8.04. The molecule has 8 nitrogen and oxygen atoms in total. The molecule has 0 saturated heterocycles. The molecule has 3 N–H and O–H groups in total. The average Bonchev–Trinajstić information content (AvgIpc) is 2.70. The van der Waals surface area contributed by atoms with Gasteiger partial charge in [-0.3, -0.25) is 0 Å². The van der Waals surface area contributed by atoms with E-state index in [0.717, 1.165) is 44.9 Å². The summed E-state index contributed by atoms with van der Waals surface area (Å²) in [6, 6.07) is -1.39. The molecule has 0 heterocycles. The number of urea groups is 1. The second-order valence-electron chi connectivity index (χ2n) is 7.32. The van der Waals surface area contributed by atoms with Crippen LogP contribution < -0.4 is 16.0 Å². The number of hydrogen-bond acceptors (Lipinski definition) is 5. The molecule has 1 aliphatic rings. The molecule has 1 unspecified atom stereocenters. The van der Waals surface area contributed by atoms with E-state index in [0.29, 0.717) is 6.54 Å². The number of nitrogens with one attached hydrogen (secondary N) is 3. The predicted molar refractivity (Wildman–Crippen MR) is 107 cm³/mol. The van der Waals surface area contributed by atoms with Crippen molar-refractivity contribution >= 4 is 18.1 Å². The zero-order chi connectivity index (χ0) is 20.6. The number of hydrogen-bond donors (Lipinski definition) is 3. The topological polar surface area (TPSA) is 106 Å². The van der Waals surface area contributed by atoms with E-state index in [1.165, 1.54) is 32.8 Å². The fourth-order valence-corrected chi connectivity index (χ4v) is 3.24. The Balaban J connectivity index is 2.26. The first-order chi connectivity index (χ1) is 13.6. The van der Waals surface area contributed by atoms with Crippen LogP contribution in [-0.2, 0) is 14.3 Å². The van der Waals surface area contributed by atoms with E-state index < -0.39 is 24.1 Å². The van der Waals surface area contributed by atoms with Crippen molar-refractivity contribution in [2.75, 3.05) is 20.3 Å². The zero-order valence-electron chi connectivity index (χ0n) is 17.4. The summed E-state index contributed by atoms with van der Waals surface area (Å²) in [4.78, 5) is 35.8. The number of rotatable bonds is 12. The Bertz CT molecular complexity index is 467. The van der Waals surface area contributed by atoms with E-state index >= 15 is 0 Å². The minimum Gasteiger partial charge on any atom is -0.467 e. The van der Waals surface area contributed by atoms with Crippen molar-refractivity contribution in [1.29, 1.82) is 0 Å². The van der Waals surface area contributed by atoms with E-state index in [1.54, 1.807) is 0 Å². The van der Waals surface area contributed by atoms with Crippen molar-refractivity contribution < 1.29 is 23.9 Å². The molecule has 1 atom stereocenters. The second kappa shape index (κ2) is 15.0. The molecule has 0 aliphatic heterocycles.